The summed E-state index contributed by atoms with van der Waals surface area (Å²) in [7, 11) is 0. The van der Waals surface area contributed by atoms with Crippen LogP contribution in [0.15, 0.2) is 36.5 Å². The largest absolute Gasteiger partial charge is 0.367 e. The predicted octanol–water partition coefficient (Wildman–Crippen LogP) is 3.95. The van der Waals surface area contributed by atoms with Gasteiger partial charge in [0.05, 0.1) is 11.6 Å². The second-order valence-corrected chi connectivity index (χ2v) is 8.95. The molecule has 2 heterocycles. The molecule has 3 aromatic rings. The number of nitrogens with zero attached hydrogens (tertiary/aromatic N) is 4. The highest BCUT2D eigenvalue weighted by atomic mass is 15.3. The van der Waals surface area contributed by atoms with Crippen molar-refractivity contribution >= 4 is 22.8 Å². The molecule has 1 spiro atoms. The highest BCUT2D eigenvalue weighted by Crippen LogP contribution is 2.66. The fourth-order valence-corrected chi connectivity index (χ4v) is 5.00. The number of aromatic nitrogens is 4. The van der Waals surface area contributed by atoms with Crippen LogP contribution in [0.5, 0.6) is 0 Å². The van der Waals surface area contributed by atoms with Crippen molar-refractivity contribution in [2.45, 2.75) is 58.2 Å². The van der Waals surface area contributed by atoms with Crippen LogP contribution in [0.3, 0.4) is 0 Å². The summed E-state index contributed by atoms with van der Waals surface area (Å²) in [6.45, 7) is 5.70. The van der Waals surface area contributed by atoms with Gasteiger partial charge in [0.1, 0.15) is 5.82 Å². The molecule has 0 saturated heterocycles. The quantitative estimate of drug-likeness (QED) is 0.525. The topological polar surface area (TPSA) is 93.7 Å². The molecular formula is C23H31N7. The van der Waals surface area contributed by atoms with E-state index in [2.05, 4.69) is 29.6 Å². The normalized spacial score (nSPS) is 21.2. The Balaban J connectivity index is 1.37. The van der Waals surface area contributed by atoms with E-state index in [0.29, 0.717) is 23.9 Å². The number of rotatable bonds is 8. The van der Waals surface area contributed by atoms with Crippen molar-refractivity contribution in [2.75, 3.05) is 17.2 Å². The number of nitrogens with two attached hydrogens (primary N) is 1. The van der Waals surface area contributed by atoms with E-state index in [1.165, 1.54) is 25.7 Å². The first-order valence-corrected chi connectivity index (χ1v) is 11.1. The van der Waals surface area contributed by atoms with Crippen LogP contribution in [0.1, 0.15) is 51.1 Å². The Bertz CT molecular complexity index is 1020. The maximum Gasteiger partial charge on any atom is 0.226 e. The van der Waals surface area contributed by atoms with Crippen LogP contribution in [0.2, 0.25) is 0 Å². The fraction of sp³-hybridized carbons (Fsp3) is 0.522. The molecule has 0 bridgehead atoms. The lowest BCUT2D eigenvalue weighted by Crippen LogP contribution is -2.26. The SMILES string of the molecule is CCn1ncc2c(NC(C)C3CC34CCC4)nc(NC[C@H](N)c3ccccc3)nc21. The van der Waals surface area contributed by atoms with Crippen molar-refractivity contribution in [1.82, 2.24) is 19.7 Å². The Kier molecular flexibility index (Phi) is 4.85. The average Bonchev–Trinajstić information content (AvgIpc) is 3.40. The molecule has 2 unspecified atom stereocenters. The molecule has 7 heteroatoms. The van der Waals surface area contributed by atoms with Crippen LogP contribution in [-0.4, -0.2) is 32.3 Å². The molecule has 3 atom stereocenters. The van der Waals surface area contributed by atoms with Crippen LogP contribution < -0.4 is 16.4 Å². The summed E-state index contributed by atoms with van der Waals surface area (Å²) in [6.07, 6.45) is 7.39. The van der Waals surface area contributed by atoms with Gasteiger partial charge in [0, 0.05) is 25.2 Å². The maximum atomic E-state index is 6.36. The Morgan fingerprint density at radius 2 is 2.03 bits per heavy atom. The molecule has 158 valence electrons. The lowest BCUT2D eigenvalue weighted by molar-refractivity contribution is 0.251. The van der Waals surface area contributed by atoms with Crippen molar-refractivity contribution in [3.05, 3.63) is 42.1 Å². The fourth-order valence-electron chi connectivity index (χ4n) is 5.00. The minimum absolute atomic E-state index is 0.123. The van der Waals surface area contributed by atoms with Crippen LogP contribution in [0.25, 0.3) is 11.0 Å². The van der Waals surface area contributed by atoms with Crippen LogP contribution in [0, 0.1) is 11.3 Å². The first kappa shape index (κ1) is 19.3. The molecule has 0 radical (unpaired) electrons. The summed E-state index contributed by atoms with van der Waals surface area (Å²) < 4.78 is 1.92. The Hall–Kier alpha value is -2.67. The smallest absolute Gasteiger partial charge is 0.226 e. The molecule has 2 fully saturated rings. The van der Waals surface area contributed by atoms with Gasteiger partial charge in [-0.1, -0.05) is 36.8 Å². The summed E-state index contributed by atoms with van der Waals surface area (Å²) in [4.78, 5) is 9.55. The molecule has 7 nitrogen and oxygen atoms in total. The highest BCUT2D eigenvalue weighted by molar-refractivity contribution is 5.87. The molecule has 2 aliphatic carbocycles. The third-order valence-corrected chi connectivity index (χ3v) is 7.07. The number of anilines is 2. The number of fused-ring (bicyclic) bond motifs is 1. The van der Waals surface area contributed by atoms with Crippen LogP contribution >= 0.6 is 0 Å². The lowest BCUT2D eigenvalue weighted by Gasteiger charge is -2.29. The standard InChI is InChI=1S/C23H31N7/c1-3-30-21-17(13-26-30)20(27-15(2)18-12-23(18)10-7-11-23)28-22(29-21)25-14-19(24)16-8-5-4-6-9-16/h4-6,8-9,13,15,18-19H,3,7,10-12,14,24H2,1-2H3,(H2,25,27,28,29)/t15?,18?,19-/m0/s1. The van der Waals surface area contributed by atoms with Gasteiger partial charge in [0.2, 0.25) is 5.95 Å². The van der Waals surface area contributed by atoms with Gasteiger partial charge in [-0.25, -0.2) is 4.68 Å². The van der Waals surface area contributed by atoms with Crippen molar-refractivity contribution in [3.63, 3.8) is 0 Å². The van der Waals surface area contributed by atoms with Gasteiger partial charge >= 0.3 is 0 Å². The van der Waals surface area contributed by atoms with Crippen molar-refractivity contribution < 1.29 is 0 Å². The molecule has 30 heavy (non-hydrogen) atoms. The van der Waals surface area contributed by atoms with E-state index in [4.69, 9.17) is 15.7 Å². The zero-order chi connectivity index (χ0) is 20.7. The second-order valence-electron chi connectivity index (χ2n) is 8.95. The van der Waals surface area contributed by atoms with Gasteiger partial charge in [0.25, 0.3) is 0 Å². The van der Waals surface area contributed by atoms with Gasteiger partial charge < -0.3 is 16.4 Å². The summed E-state index contributed by atoms with van der Waals surface area (Å²) in [5.74, 6) is 2.21. The van der Waals surface area contributed by atoms with E-state index >= 15 is 0 Å². The molecular weight excluding hydrogens is 374 g/mol. The molecule has 2 aromatic heterocycles. The first-order chi connectivity index (χ1) is 14.6. The first-order valence-electron chi connectivity index (χ1n) is 11.1. The van der Waals surface area contributed by atoms with Crippen molar-refractivity contribution in [2.24, 2.45) is 17.1 Å². The van der Waals surface area contributed by atoms with E-state index in [9.17, 15) is 0 Å². The Morgan fingerprint density at radius 1 is 1.23 bits per heavy atom. The van der Waals surface area contributed by atoms with Gasteiger partial charge in [-0.15, -0.1) is 0 Å². The summed E-state index contributed by atoms with van der Waals surface area (Å²) in [6, 6.07) is 10.4. The van der Waals surface area contributed by atoms with Crippen molar-refractivity contribution in [3.8, 4) is 0 Å². The maximum absolute atomic E-state index is 6.36. The second kappa shape index (κ2) is 7.54. The van der Waals surface area contributed by atoms with E-state index in [1.807, 2.05) is 41.2 Å². The average molecular weight is 406 g/mol. The summed E-state index contributed by atoms with van der Waals surface area (Å²) in [5, 5.41) is 12.5. The predicted molar refractivity (Wildman–Crippen MR) is 120 cm³/mol. The zero-order valence-electron chi connectivity index (χ0n) is 17.8. The molecule has 0 aliphatic heterocycles. The van der Waals surface area contributed by atoms with Crippen molar-refractivity contribution in [1.29, 1.82) is 0 Å². The minimum atomic E-state index is -0.123. The lowest BCUT2D eigenvalue weighted by atomic mass is 9.79. The van der Waals surface area contributed by atoms with Gasteiger partial charge in [0.15, 0.2) is 5.65 Å². The van der Waals surface area contributed by atoms with E-state index < -0.39 is 0 Å². The number of hydrogen-bond acceptors (Lipinski definition) is 6. The number of aryl methyl sites for hydroxylation is 1. The zero-order valence-corrected chi connectivity index (χ0v) is 17.8. The van der Waals surface area contributed by atoms with Crippen LogP contribution in [-0.2, 0) is 6.54 Å². The molecule has 2 aliphatic rings. The number of nitrogens with one attached hydrogen (secondary N) is 2. The third kappa shape index (κ3) is 3.41. The molecule has 5 rings (SSSR count). The molecule has 0 amide bonds. The monoisotopic (exact) mass is 405 g/mol. The van der Waals surface area contributed by atoms with Crippen LogP contribution in [0.4, 0.5) is 11.8 Å². The van der Waals surface area contributed by atoms with E-state index in [1.54, 1.807) is 0 Å². The molecule has 1 aromatic carbocycles. The molecule has 2 saturated carbocycles. The van der Waals surface area contributed by atoms with E-state index in [0.717, 1.165) is 34.9 Å². The van der Waals surface area contributed by atoms with Gasteiger partial charge in [-0.05, 0) is 50.0 Å². The Labute approximate surface area is 177 Å². The summed E-state index contributed by atoms with van der Waals surface area (Å²) >= 11 is 0. The number of hydrogen-bond donors (Lipinski definition) is 3. The minimum Gasteiger partial charge on any atom is -0.367 e. The third-order valence-electron chi connectivity index (χ3n) is 7.07. The Morgan fingerprint density at radius 3 is 2.70 bits per heavy atom. The van der Waals surface area contributed by atoms with Gasteiger partial charge in [-0.3, -0.25) is 0 Å². The van der Waals surface area contributed by atoms with E-state index in [-0.39, 0.29) is 6.04 Å². The number of benzene rings is 1. The highest BCUT2D eigenvalue weighted by Gasteiger charge is 2.59. The summed E-state index contributed by atoms with van der Waals surface area (Å²) in [5.41, 5.74) is 8.93. The van der Waals surface area contributed by atoms with Gasteiger partial charge in [-0.2, -0.15) is 15.1 Å². The molecule has 4 N–H and O–H groups in total.